The van der Waals surface area contributed by atoms with E-state index in [1.165, 1.54) is 0 Å². The second kappa shape index (κ2) is 6.13. The van der Waals surface area contributed by atoms with Gasteiger partial charge in [0, 0.05) is 11.1 Å². The summed E-state index contributed by atoms with van der Waals surface area (Å²) in [5.74, 6) is 1.46. The van der Waals surface area contributed by atoms with Crippen molar-refractivity contribution in [1.82, 2.24) is 0 Å². The third kappa shape index (κ3) is 3.31. The van der Waals surface area contributed by atoms with Crippen molar-refractivity contribution in [1.29, 1.82) is 0 Å². The molecule has 0 saturated carbocycles. The van der Waals surface area contributed by atoms with Crippen LogP contribution in [0.4, 0.5) is 0 Å². The van der Waals surface area contributed by atoms with E-state index in [0.717, 1.165) is 23.5 Å². The highest BCUT2D eigenvalue weighted by Crippen LogP contribution is 2.30. The predicted molar refractivity (Wildman–Crippen MR) is 76.5 cm³/mol. The number of rotatable bonds is 5. The van der Waals surface area contributed by atoms with Crippen molar-refractivity contribution in [2.45, 2.75) is 32.4 Å². The Labute approximate surface area is 118 Å². The summed E-state index contributed by atoms with van der Waals surface area (Å²) < 4.78 is 11.4. The third-order valence-electron chi connectivity index (χ3n) is 3.09. The molecule has 1 heterocycles. The zero-order valence-corrected chi connectivity index (χ0v) is 11.9. The fraction of sp³-hybridized carbons (Fsp3) is 0.333. The second-order valence-electron chi connectivity index (χ2n) is 4.54. The quantitative estimate of drug-likeness (QED) is 0.896. The summed E-state index contributed by atoms with van der Waals surface area (Å²) in [5, 5.41) is 0.642. The molecule has 102 valence electrons. The Morgan fingerprint density at radius 1 is 1.37 bits per heavy atom. The minimum absolute atomic E-state index is 0.135. The van der Waals surface area contributed by atoms with E-state index in [1.807, 2.05) is 38.1 Å². The van der Waals surface area contributed by atoms with Gasteiger partial charge < -0.3 is 14.9 Å². The first-order valence-corrected chi connectivity index (χ1v) is 6.71. The molecule has 1 aromatic heterocycles. The number of nitrogens with two attached hydrogens (primary N) is 1. The Kier molecular flexibility index (Phi) is 4.51. The Hall–Kier alpha value is -1.45. The van der Waals surface area contributed by atoms with Crippen molar-refractivity contribution in [3.05, 3.63) is 52.9 Å². The molecule has 2 aromatic rings. The molecule has 0 amide bonds. The molecular formula is C15H18ClNO2. The lowest BCUT2D eigenvalue weighted by atomic mass is 10.1. The molecule has 0 spiro atoms. The lowest BCUT2D eigenvalue weighted by Crippen LogP contribution is -2.31. The number of furan rings is 1. The monoisotopic (exact) mass is 279 g/mol. The maximum atomic E-state index is 6.13. The van der Waals surface area contributed by atoms with Crippen LogP contribution in [0, 0.1) is 6.92 Å². The van der Waals surface area contributed by atoms with Crippen LogP contribution in [0.2, 0.25) is 5.02 Å². The SMILES string of the molecule is CCC(N)C(Oc1cc(Cl)ccc1C)c1ccco1. The van der Waals surface area contributed by atoms with Gasteiger partial charge in [0.2, 0.25) is 0 Å². The Balaban J connectivity index is 2.28. The summed E-state index contributed by atoms with van der Waals surface area (Å²) in [6.07, 6.45) is 2.11. The number of hydrogen-bond acceptors (Lipinski definition) is 3. The van der Waals surface area contributed by atoms with Gasteiger partial charge in [-0.15, -0.1) is 0 Å². The number of aryl methyl sites for hydroxylation is 1. The molecule has 4 heteroatoms. The van der Waals surface area contributed by atoms with Crippen LogP contribution in [0.15, 0.2) is 41.0 Å². The van der Waals surface area contributed by atoms with Gasteiger partial charge in [0.05, 0.1) is 6.26 Å². The van der Waals surface area contributed by atoms with Gasteiger partial charge in [0.15, 0.2) is 6.10 Å². The molecule has 3 nitrogen and oxygen atoms in total. The summed E-state index contributed by atoms with van der Waals surface area (Å²) in [5.41, 5.74) is 7.14. The molecule has 0 fully saturated rings. The first-order chi connectivity index (χ1) is 9.11. The largest absolute Gasteiger partial charge is 0.481 e. The summed E-state index contributed by atoms with van der Waals surface area (Å²) in [6, 6.07) is 9.14. The Morgan fingerprint density at radius 2 is 2.16 bits per heavy atom. The summed E-state index contributed by atoms with van der Waals surface area (Å²) in [4.78, 5) is 0. The minimum Gasteiger partial charge on any atom is -0.481 e. The molecule has 0 saturated heterocycles. The Bertz CT molecular complexity index is 525. The summed E-state index contributed by atoms with van der Waals surface area (Å²) in [6.45, 7) is 4.00. The predicted octanol–water partition coefficient (Wildman–Crippen LogP) is 4.10. The van der Waals surface area contributed by atoms with Crippen LogP contribution < -0.4 is 10.5 Å². The minimum atomic E-state index is -0.308. The van der Waals surface area contributed by atoms with Crippen molar-refractivity contribution in [2.75, 3.05) is 0 Å². The van der Waals surface area contributed by atoms with E-state index in [4.69, 9.17) is 26.5 Å². The molecule has 2 atom stereocenters. The van der Waals surface area contributed by atoms with Crippen LogP contribution in [0.25, 0.3) is 0 Å². The van der Waals surface area contributed by atoms with Crippen molar-refractivity contribution in [2.24, 2.45) is 5.73 Å². The smallest absolute Gasteiger partial charge is 0.171 e. The van der Waals surface area contributed by atoms with E-state index in [2.05, 4.69) is 0 Å². The molecule has 0 aliphatic heterocycles. The first kappa shape index (κ1) is 14.0. The van der Waals surface area contributed by atoms with Crippen molar-refractivity contribution in [3.63, 3.8) is 0 Å². The van der Waals surface area contributed by atoms with Crippen LogP contribution in [-0.4, -0.2) is 6.04 Å². The van der Waals surface area contributed by atoms with Crippen molar-refractivity contribution < 1.29 is 9.15 Å². The number of ether oxygens (including phenoxy) is 1. The average Bonchev–Trinajstić information content (AvgIpc) is 2.92. The average molecular weight is 280 g/mol. The lowest BCUT2D eigenvalue weighted by molar-refractivity contribution is 0.144. The molecule has 19 heavy (non-hydrogen) atoms. The normalized spacial score (nSPS) is 14.1. The van der Waals surface area contributed by atoms with Crippen molar-refractivity contribution in [3.8, 4) is 5.75 Å². The zero-order valence-electron chi connectivity index (χ0n) is 11.1. The molecule has 2 N–H and O–H groups in total. The van der Waals surface area contributed by atoms with Gasteiger partial charge in [-0.25, -0.2) is 0 Å². The second-order valence-corrected chi connectivity index (χ2v) is 4.97. The van der Waals surface area contributed by atoms with Crippen LogP contribution in [-0.2, 0) is 0 Å². The molecule has 0 aliphatic carbocycles. The third-order valence-corrected chi connectivity index (χ3v) is 3.32. The molecular weight excluding hydrogens is 262 g/mol. The van der Waals surface area contributed by atoms with Gasteiger partial charge in [-0.1, -0.05) is 24.6 Å². The molecule has 1 aromatic carbocycles. The topological polar surface area (TPSA) is 48.4 Å². The molecule has 0 aliphatic rings. The van der Waals surface area contributed by atoms with E-state index < -0.39 is 0 Å². The number of hydrogen-bond donors (Lipinski definition) is 1. The highest BCUT2D eigenvalue weighted by atomic mass is 35.5. The maximum absolute atomic E-state index is 6.13. The maximum Gasteiger partial charge on any atom is 0.171 e. The van der Waals surface area contributed by atoms with Crippen LogP contribution in [0.5, 0.6) is 5.75 Å². The van der Waals surface area contributed by atoms with Gasteiger partial charge in [-0.3, -0.25) is 0 Å². The molecule has 2 rings (SSSR count). The van der Waals surface area contributed by atoms with E-state index in [0.29, 0.717) is 5.02 Å². The zero-order chi connectivity index (χ0) is 13.8. The first-order valence-electron chi connectivity index (χ1n) is 6.33. The van der Waals surface area contributed by atoms with Crippen LogP contribution >= 0.6 is 11.6 Å². The molecule has 0 bridgehead atoms. The van der Waals surface area contributed by atoms with E-state index in [9.17, 15) is 0 Å². The van der Waals surface area contributed by atoms with Crippen molar-refractivity contribution >= 4 is 11.6 Å². The van der Waals surface area contributed by atoms with E-state index >= 15 is 0 Å². The molecule has 2 unspecified atom stereocenters. The van der Waals surface area contributed by atoms with Crippen LogP contribution in [0.3, 0.4) is 0 Å². The fourth-order valence-electron chi connectivity index (χ4n) is 1.86. The van der Waals surface area contributed by atoms with E-state index in [1.54, 1.807) is 12.3 Å². The number of benzene rings is 1. The van der Waals surface area contributed by atoms with Gasteiger partial charge in [0.25, 0.3) is 0 Å². The Morgan fingerprint density at radius 3 is 2.79 bits per heavy atom. The molecule has 0 radical (unpaired) electrons. The highest BCUT2D eigenvalue weighted by Gasteiger charge is 2.23. The van der Waals surface area contributed by atoms with Gasteiger partial charge in [0.1, 0.15) is 11.5 Å². The fourth-order valence-corrected chi connectivity index (χ4v) is 2.02. The van der Waals surface area contributed by atoms with Gasteiger partial charge in [-0.2, -0.15) is 0 Å². The highest BCUT2D eigenvalue weighted by molar-refractivity contribution is 6.30. The van der Waals surface area contributed by atoms with E-state index in [-0.39, 0.29) is 12.1 Å². The van der Waals surface area contributed by atoms with Gasteiger partial charge >= 0.3 is 0 Å². The number of halogens is 1. The summed E-state index contributed by atoms with van der Waals surface area (Å²) in [7, 11) is 0. The van der Waals surface area contributed by atoms with Crippen LogP contribution in [0.1, 0.15) is 30.8 Å². The lowest BCUT2D eigenvalue weighted by Gasteiger charge is -2.23. The standard InChI is InChI=1S/C15H18ClNO2/c1-3-12(17)15(13-5-4-8-18-13)19-14-9-11(16)7-6-10(14)2/h4-9,12,15H,3,17H2,1-2H3. The summed E-state index contributed by atoms with van der Waals surface area (Å²) >= 11 is 6.00. The van der Waals surface area contributed by atoms with Gasteiger partial charge in [-0.05, 0) is 43.2 Å².